The van der Waals surface area contributed by atoms with E-state index in [1.807, 2.05) is 18.2 Å². The van der Waals surface area contributed by atoms with Crippen molar-refractivity contribution in [2.24, 2.45) is 0 Å². The average molecular weight is 339 g/mol. The Balaban J connectivity index is 2.76. The number of methoxy groups -OCH3 is 3. The molecular weight excluding hydrogens is 310 g/mol. The minimum atomic E-state index is -0.585. The monoisotopic (exact) mass is 339 g/mol. The molecule has 0 spiro atoms. The number of nitrogens with zero attached hydrogens (tertiary/aromatic N) is 1. The van der Waals surface area contributed by atoms with Gasteiger partial charge in [-0.25, -0.2) is 0 Å². The molecule has 6 heteroatoms. The van der Waals surface area contributed by atoms with E-state index in [2.05, 4.69) is 11.5 Å². The number of rotatable bonds is 13. The first-order valence-corrected chi connectivity index (χ1v) is 7.94. The first-order valence-electron chi connectivity index (χ1n) is 7.94. The summed E-state index contributed by atoms with van der Waals surface area (Å²) in [5.74, 6) is 1.40. The molecule has 6 nitrogen and oxygen atoms in total. The number of aliphatic hydroxyl groups excluding tert-OH is 1. The molecule has 1 aromatic carbocycles. The van der Waals surface area contributed by atoms with Crippen molar-refractivity contribution in [2.75, 3.05) is 54.2 Å². The van der Waals surface area contributed by atoms with Gasteiger partial charge in [-0.2, -0.15) is 0 Å². The first-order chi connectivity index (χ1) is 11.7. The molecule has 1 atom stereocenters. The fraction of sp³-hybridized carbons (Fsp3) is 0.556. The zero-order chi connectivity index (χ0) is 17.8. The van der Waals surface area contributed by atoms with Crippen LogP contribution in [0, 0.1) is 0 Å². The van der Waals surface area contributed by atoms with E-state index in [1.165, 1.54) is 0 Å². The Kier molecular flexibility index (Phi) is 10.1. The molecule has 0 bridgehead atoms. The number of benzene rings is 1. The second-order valence-corrected chi connectivity index (χ2v) is 5.36. The van der Waals surface area contributed by atoms with Gasteiger partial charge in [-0.1, -0.05) is 18.2 Å². The van der Waals surface area contributed by atoms with Gasteiger partial charge in [-0.15, -0.1) is 6.58 Å². The molecule has 136 valence electrons. The van der Waals surface area contributed by atoms with Crippen LogP contribution in [0.25, 0.3) is 0 Å². The Morgan fingerprint density at radius 2 is 2.04 bits per heavy atom. The molecule has 0 aliphatic heterocycles. The third kappa shape index (κ3) is 6.88. The van der Waals surface area contributed by atoms with Crippen LogP contribution < -0.4 is 9.47 Å². The van der Waals surface area contributed by atoms with Crippen LogP contribution in [0.1, 0.15) is 5.56 Å². The standard InChI is InChI=1S/C18H29NO5/c1-5-10-24-14-16(20)13-19(9-11-21-2)12-15-7-6-8-17(22-3)18(15)23-4/h5-8,16,20H,1,9-14H2,2-4H3. The van der Waals surface area contributed by atoms with Gasteiger partial charge in [-0.3, -0.25) is 4.90 Å². The Labute approximate surface area is 144 Å². The maximum absolute atomic E-state index is 10.2. The van der Waals surface area contributed by atoms with E-state index in [0.717, 1.165) is 5.56 Å². The molecule has 0 aromatic heterocycles. The summed E-state index contributed by atoms with van der Waals surface area (Å²) in [4.78, 5) is 2.10. The Morgan fingerprint density at radius 3 is 2.67 bits per heavy atom. The minimum Gasteiger partial charge on any atom is -0.493 e. The zero-order valence-electron chi connectivity index (χ0n) is 14.9. The minimum absolute atomic E-state index is 0.269. The van der Waals surface area contributed by atoms with Crippen LogP contribution in [0.2, 0.25) is 0 Å². The average Bonchev–Trinajstić information content (AvgIpc) is 2.59. The summed E-state index contributed by atoms with van der Waals surface area (Å²) in [5.41, 5.74) is 0.993. The van der Waals surface area contributed by atoms with Gasteiger partial charge in [0.1, 0.15) is 0 Å². The molecule has 0 aliphatic rings. The van der Waals surface area contributed by atoms with E-state index in [0.29, 0.717) is 44.3 Å². The number of hydrogen-bond acceptors (Lipinski definition) is 6. The van der Waals surface area contributed by atoms with Gasteiger partial charge in [0.2, 0.25) is 0 Å². The number of aliphatic hydroxyl groups is 1. The zero-order valence-corrected chi connectivity index (χ0v) is 14.9. The van der Waals surface area contributed by atoms with Crippen LogP contribution in [-0.2, 0) is 16.0 Å². The maximum Gasteiger partial charge on any atom is 0.165 e. The molecule has 0 fully saturated rings. The molecule has 0 aliphatic carbocycles. The lowest BCUT2D eigenvalue weighted by Gasteiger charge is -2.26. The largest absolute Gasteiger partial charge is 0.493 e. The van der Waals surface area contributed by atoms with Crippen molar-refractivity contribution in [1.29, 1.82) is 0 Å². The fourth-order valence-corrected chi connectivity index (χ4v) is 2.41. The van der Waals surface area contributed by atoms with Crippen LogP contribution >= 0.6 is 0 Å². The third-order valence-corrected chi connectivity index (χ3v) is 3.50. The topological polar surface area (TPSA) is 60.4 Å². The van der Waals surface area contributed by atoms with Gasteiger partial charge in [0, 0.05) is 32.3 Å². The van der Waals surface area contributed by atoms with Crippen molar-refractivity contribution >= 4 is 0 Å². The quantitative estimate of drug-likeness (QED) is 0.436. The summed E-state index contributed by atoms with van der Waals surface area (Å²) in [6.07, 6.45) is 1.08. The number of para-hydroxylation sites is 1. The summed E-state index contributed by atoms with van der Waals surface area (Å²) in [5, 5.41) is 10.2. The van der Waals surface area contributed by atoms with Gasteiger partial charge in [0.25, 0.3) is 0 Å². The highest BCUT2D eigenvalue weighted by atomic mass is 16.5. The van der Waals surface area contributed by atoms with Crippen LogP contribution in [0.4, 0.5) is 0 Å². The lowest BCUT2D eigenvalue weighted by molar-refractivity contribution is 0.0192. The second kappa shape index (κ2) is 11.9. The van der Waals surface area contributed by atoms with E-state index in [9.17, 15) is 5.11 Å². The summed E-state index contributed by atoms with van der Waals surface area (Å²) < 4.78 is 21.3. The summed E-state index contributed by atoms with van der Waals surface area (Å²) in [6, 6.07) is 5.77. The van der Waals surface area contributed by atoms with E-state index in [4.69, 9.17) is 18.9 Å². The number of ether oxygens (including phenoxy) is 4. The highest BCUT2D eigenvalue weighted by molar-refractivity contribution is 5.46. The molecule has 0 saturated heterocycles. The lowest BCUT2D eigenvalue weighted by atomic mass is 10.1. The molecule has 0 saturated carbocycles. The van der Waals surface area contributed by atoms with Crippen LogP contribution in [0.5, 0.6) is 11.5 Å². The molecule has 1 aromatic rings. The second-order valence-electron chi connectivity index (χ2n) is 5.36. The highest BCUT2D eigenvalue weighted by Gasteiger charge is 2.16. The molecule has 1 rings (SSSR count). The van der Waals surface area contributed by atoms with Gasteiger partial charge < -0.3 is 24.1 Å². The first kappa shape index (κ1) is 20.4. The fourth-order valence-electron chi connectivity index (χ4n) is 2.41. The summed E-state index contributed by atoms with van der Waals surface area (Å²) >= 11 is 0. The third-order valence-electron chi connectivity index (χ3n) is 3.50. The van der Waals surface area contributed by atoms with Gasteiger partial charge in [0.05, 0.1) is 40.1 Å². The van der Waals surface area contributed by atoms with Crippen molar-refractivity contribution in [2.45, 2.75) is 12.6 Å². The van der Waals surface area contributed by atoms with E-state index in [1.54, 1.807) is 27.4 Å². The normalized spacial score (nSPS) is 12.2. The predicted octanol–water partition coefficient (Wildman–Crippen LogP) is 1.72. The summed E-state index contributed by atoms with van der Waals surface area (Å²) in [6.45, 7) is 6.64. The smallest absolute Gasteiger partial charge is 0.165 e. The Hall–Kier alpha value is -1.60. The van der Waals surface area contributed by atoms with Crippen molar-refractivity contribution in [1.82, 2.24) is 4.90 Å². The molecule has 0 heterocycles. The van der Waals surface area contributed by atoms with Gasteiger partial charge in [0.15, 0.2) is 11.5 Å². The Morgan fingerprint density at radius 1 is 1.25 bits per heavy atom. The van der Waals surface area contributed by atoms with E-state index >= 15 is 0 Å². The lowest BCUT2D eigenvalue weighted by Crippen LogP contribution is -2.36. The molecule has 1 N–H and O–H groups in total. The number of hydrogen-bond donors (Lipinski definition) is 1. The highest BCUT2D eigenvalue weighted by Crippen LogP contribution is 2.31. The van der Waals surface area contributed by atoms with Gasteiger partial charge in [-0.05, 0) is 6.07 Å². The summed E-state index contributed by atoms with van der Waals surface area (Å²) in [7, 11) is 4.90. The Bertz CT molecular complexity index is 480. The van der Waals surface area contributed by atoms with Crippen molar-refractivity contribution in [3.05, 3.63) is 36.4 Å². The van der Waals surface area contributed by atoms with Crippen molar-refractivity contribution in [3.63, 3.8) is 0 Å². The van der Waals surface area contributed by atoms with Gasteiger partial charge >= 0.3 is 0 Å². The van der Waals surface area contributed by atoms with Crippen molar-refractivity contribution in [3.8, 4) is 11.5 Å². The SMILES string of the molecule is C=CCOCC(O)CN(CCOC)Cc1cccc(OC)c1OC. The molecule has 24 heavy (non-hydrogen) atoms. The predicted molar refractivity (Wildman–Crippen MR) is 93.7 cm³/mol. The van der Waals surface area contributed by atoms with Crippen LogP contribution in [0.3, 0.4) is 0 Å². The maximum atomic E-state index is 10.2. The van der Waals surface area contributed by atoms with Crippen LogP contribution in [0.15, 0.2) is 30.9 Å². The molecular formula is C18H29NO5. The van der Waals surface area contributed by atoms with Crippen LogP contribution in [-0.4, -0.2) is 70.3 Å². The van der Waals surface area contributed by atoms with E-state index < -0.39 is 6.10 Å². The van der Waals surface area contributed by atoms with E-state index in [-0.39, 0.29) is 6.61 Å². The molecule has 1 unspecified atom stereocenters. The van der Waals surface area contributed by atoms with Crippen molar-refractivity contribution < 1.29 is 24.1 Å². The molecule has 0 radical (unpaired) electrons. The molecule has 0 amide bonds.